The molecule has 302 valence electrons. The number of carbonyl (C=O) groups excluding carboxylic acids is 3. The first-order valence-corrected chi connectivity index (χ1v) is 18.9. The van der Waals surface area contributed by atoms with Crippen molar-refractivity contribution >= 4 is 17.5 Å². The van der Waals surface area contributed by atoms with Crippen LogP contribution in [-0.2, 0) is 42.8 Å². The number of methoxy groups -OCH3 is 1. The first-order chi connectivity index (χ1) is 23.9. The Kier molecular flexibility index (Phi) is 15.1. The van der Waals surface area contributed by atoms with E-state index in [0.717, 1.165) is 0 Å². The van der Waals surface area contributed by atoms with Gasteiger partial charge in [0.2, 0.25) is 12.1 Å². The van der Waals surface area contributed by atoms with E-state index in [2.05, 4.69) is 0 Å². The number of rotatable bonds is 7. The SMILES string of the molecule is CC[C@H]1OC(=O)[C@H](C)[C@@H](OC2CC(C)(OC)C(=O)C(C)O2)[C@H](C)[C@@H](OC2OC(C)CC(N(C)C)C2=O)[C@](C)(O)C[C@@H](C)CN(C)[C@H](C)[C@@H](O)[C@]1(C)O. The van der Waals surface area contributed by atoms with Gasteiger partial charge in [-0.15, -0.1) is 0 Å². The minimum Gasteiger partial charge on any atom is -0.459 e. The van der Waals surface area contributed by atoms with Crippen LogP contribution in [0.5, 0.6) is 0 Å². The average molecular weight is 745 g/mol. The first-order valence-electron chi connectivity index (χ1n) is 18.9. The maximum atomic E-state index is 14.2. The van der Waals surface area contributed by atoms with Crippen molar-refractivity contribution in [3.05, 3.63) is 0 Å². The molecule has 3 fully saturated rings. The number of aliphatic hydroxyl groups is 3. The van der Waals surface area contributed by atoms with Crippen LogP contribution in [0.1, 0.15) is 94.9 Å². The minimum atomic E-state index is -1.82. The molecule has 0 amide bonds. The van der Waals surface area contributed by atoms with Crippen molar-refractivity contribution in [3.63, 3.8) is 0 Å². The van der Waals surface area contributed by atoms with Gasteiger partial charge in [0.05, 0.1) is 35.9 Å². The summed E-state index contributed by atoms with van der Waals surface area (Å²) >= 11 is 0. The number of ether oxygens (including phenoxy) is 6. The molecule has 3 saturated heterocycles. The van der Waals surface area contributed by atoms with E-state index in [4.69, 9.17) is 28.4 Å². The summed E-state index contributed by atoms with van der Waals surface area (Å²) in [6.07, 6.45) is -7.22. The molecule has 3 aliphatic heterocycles. The summed E-state index contributed by atoms with van der Waals surface area (Å²) in [6.45, 7) is 17.6. The number of hydrogen-bond acceptors (Lipinski definition) is 14. The zero-order valence-corrected chi connectivity index (χ0v) is 34.0. The fraction of sp³-hybridized carbons (Fsp3) is 0.921. The van der Waals surface area contributed by atoms with Gasteiger partial charge in [0, 0.05) is 32.0 Å². The minimum absolute atomic E-state index is 0.0194. The van der Waals surface area contributed by atoms with E-state index >= 15 is 0 Å². The molecule has 0 radical (unpaired) electrons. The highest BCUT2D eigenvalue weighted by Crippen LogP contribution is 2.39. The molecule has 3 heterocycles. The Morgan fingerprint density at radius 2 is 1.58 bits per heavy atom. The highest BCUT2D eigenvalue weighted by Gasteiger charge is 2.52. The van der Waals surface area contributed by atoms with Crippen LogP contribution in [0.3, 0.4) is 0 Å². The van der Waals surface area contributed by atoms with Crippen LogP contribution in [0, 0.1) is 17.8 Å². The molecule has 6 unspecified atom stereocenters. The van der Waals surface area contributed by atoms with E-state index in [1.165, 1.54) is 14.0 Å². The number of likely N-dealkylation sites (N-methyl/N-ethyl adjacent to an activating group) is 2. The van der Waals surface area contributed by atoms with Crippen molar-refractivity contribution in [1.29, 1.82) is 0 Å². The molecule has 0 aromatic heterocycles. The molecule has 0 aromatic rings. The van der Waals surface area contributed by atoms with Crippen molar-refractivity contribution in [3.8, 4) is 0 Å². The van der Waals surface area contributed by atoms with Gasteiger partial charge < -0.3 is 48.6 Å². The number of cyclic esters (lactones) is 1. The molecule has 3 rings (SSSR count). The molecule has 3 N–H and O–H groups in total. The van der Waals surface area contributed by atoms with E-state index in [-0.39, 0.29) is 42.9 Å². The van der Waals surface area contributed by atoms with E-state index < -0.39 is 89.8 Å². The number of esters is 1. The quantitative estimate of drug-likeness (QED) is 0.324. The zero-order valence-electron chi connectivity index (χ0n) is 34.0. The third-order valence-corrected chi connectivity index (χ3v) is 11.8. The average Bonchev–Trinajstić information content (AvgIpc) is 3.05. The fourth-order valence-electron chi connectivity index (χ4n) is 8.41. The van der Waals surface area contributed by atoms with Crippen LogP contribution < -0.4 is 0 Å². The number of nitrogens with zero attached hydrogens (tertiary/aromatic N) is 2. The molecule has 0 aromatic carbocycles. The lowest BCUT2D eigenvalue weighted by Crippen LogP contribution is -2.59. The van der Waals surface area contributed by atoms with Crippen LogP contribution >= 0.6 is 0 Å². The normalized spacial score (nSPS) is 46.8. The van der Waals surface area contributed by atoms with Gasteiger partial charge in [-0.3, -0.25) is 19.3 Å². The van der Waals surface area contributed by atoms with Gasteiger partial charge in [0.1, 0.15) is 29.5 Å². The molecular formula is C38H68N2O12. The molecule has 0 saturated carbocycles. The van der Waals surface area contributed by atoms with Crippen molar-refractivity contribution in [2.45, 2.75) is 173 Å². The molecule has 16 atom stereocenters. The van der Waals surface area contributed by atoms with Gasteiger partial charge >= 0.3 is 5.97 Å². The molecular weight excluding hydrogens is 676 g/mol. The Labute approximate surface area is 310 Å². The van der Waals surface area contributed by atoms with Crippen LogP contribution in [0.4, 0.5) is 0 Å². The van der Waals surface area contributed by atoms with Crippen molar-refractivity contribution in [2.75, 3.05) is 34.8 Å². The smallest absolute Gasteiger partial charge is 0.311 e. The maximum Gasteiger partial charge on any atom is 0.311 e. The van der Waals surface area contributed by atoms with Gasteiger partial charge in [-0.05, 0) is 94.8 Å². The van der Waals surface area contributed by atoms with E-state index in [1.807, 2.05) is 44.8 Å². The van der Waals surface area contributed by atoms with E-state index in [9.17, 15) is 29.7 Å². The largest absolute Gasteiger partial charge is 0.459 e. The van der Waals surface area contributed by atoms with Crippen LogP contribution in [0.2, 0.25) is 0 Å². The first kappa shape index (κ1) is 44.8. The van der Waals surface area contributed by atoms with Gasteiger partial charge in [0.25, 0.3) is 0 Å². The van der Waals surface area contributed by atoms with Gasteiger partial charge in [0.15, 0.2) is 12.1 Å². The summed E-state index contributed by atoms with van der Waals surface area (Å²) in [5.74, 6) is -3.29. The predicted octanol–water partition coefficient (Wildman–Crippen LogP) is 2.32. The topological polar surface area (TPSA) is 174 Å². The van der Waals surface area contributed by atoms with Crippen LogP contribution in [0.15, 0.2) is 0 Å². The summed E-state index contributed by atoms with van der Waals surface area (Å²) in [6, 6.07) is -1.03. The second-order valence-electron chi connectivity index (χ2n) is 16.8. The molecule has 14 heteroatoms. The Hall–Kier alpha value is -1.59. The second kappa shape index (κ2) is 17.5. The molecule has 0 bridgehead atoms. The Morgan fingerprint density at radius 1 is 0.962 bits per heavy atom. The van der Waals surface area contributed by atoms with Crippen LogP contribution in [0.25, 0.3) is 0 Å². The summed E-state index contributed by atoms with van der Waals surface area (Å²) in [5, 5.41) is 35.6. The lowest BCUT2D eigenvalue weighted by molar-refractivity contribution is -0.278. The number of aliphatic hydroxyl groups excluding tert-OH is 1. The van der Waals surface area contributed by atoms with Crippen molar-refractivity contribution in [1.82, 2.24) is 9.80 Å². The highest BCUT2D eigenvalue weighted by atomic mass is 16.7. The Balaban J connectivity index is 2.18. The van der Waals surface area contributed by atoms with Gasteiger partial charge in [-0.25, -0.2) is 0 Å². The number of Topliss-reactive ketones (excluding diaryl/α,β-unsaturated/α-hetero) is 2. The molecule has 0 spiro atoms. The van der Waals surface area contributed by atoms with Crippen molar-refractivity contribution < 1.29 is 58.1 Å². The summed E-state index contributed by atoms with van der Waals surface area (Å²) in [4.78, 5) is 44.7. The number of ketones is 2. The van der Waals surface area contributed by atoms with Crippen LogP contribution in [-0.4, -0.2) is 156 Å². The Bertz CT molecular complexity index is 1230. The second-order valence-corrected chi connectivity index (χ2v) is 16.8. The summed E-state index contributed by atoms with van der Waals surface area (Å²) in [7, 11) is 6.90. The maximum absolute atomic E-state index is 14.2. The predicted molar refractivity (Wildman–Crippen MR) is 192 cm³/mol. The third kappa shape index (κ3) is 9.79. The molecule has 3 aliphatic rings. The lowest BCUT2D eigenvalue weighted by Gasteiger charge is -2.46. The fourth-order valence-corrected chi connectivity index (χ4v) is 8.41. The standard InChI is InChI=1S/C38H68N2O12/c1-15-27-38(10,46)31(42)24(6)40(13)19-20(2)17-36(8,45)33(52-35-29(41)26(39(11)12)16-21(3)48-35)22(4)30(23(5)34(44)50-27)51-28-18-37(9,47-14)32(43)25(7)49-28/h20-28,30-31,33,35,42,45-46H,15-19H2,1-14H3/t20-,21?,22+,23-,24-,25?,26?,27-,28?,30+,31-,33-,35?,36-,37?,38-/m1/s1. The highest BCUT2D eigenvalue weighted by molar-refractivity contribution is 5.91. The lowest BCUT2D eigenvalue weighted by atomic mass is 9.77. The third-order valence-electron chi connectivity index (χ3n) is 11.8. The molecule has 0 aliphatic carbocycles. The Morgan fingerprint density at radius 3 is 2.13 bits per heavy atom. The van der Waals surface area contributed by atoms with E-state index in [0.29, 0.717) is 13.0 Å². The molecule has 52 heavy (non-hydrogen) atoms. The number of carbonyl (C=O) groups is 3. The zero-order chi connectivity index (χ0) is 39.7. The van der Waals surface area contributed by atoms with Crippen molar-refractivity contribution in [2.24, 2.45) is 17.8 Å². The molecule has 14 nitrogen and oxygen atoms in total. The van der Waals surface area contributed by atoms with Gasteiger partial charge in [-0.1, -0.05) is 20.8 Å². The number of hydrogen-bond donors (Lipinski definition) is 3. The summed E-state index contributed by atoms with van der Waals surface area (Å²) in [5.41, 5.74) is -4.65. The monoisotopic (exact) mass is 744 g/mol. The van der Waals surface area contributed by atoms with Gasteiger partial charge in [-0.2, -0.15) is 0 Å². The van der Waals surface area contributed by atoms with E-state index in [1.54, 1.807) is 48.5 Å². The summed E-state index contributed by atoms with van der Waals surface area (Å²) < 4.78 is 37.0.